The highest BCUT2D eigenvalue weighted by Gasteiger charge is 2.60. The molecule has 0 spiro atoms. The summed E-state index contributed by atoms with van der Waals surface area (Å²) < 4.78 is 15.7. The van der Waals surface area contributed by atoms with Gasteiger partial charge in [0.2, 0.25) is 41.4 Å². The molecule has 8 atom stereocenters. The molecule has 85 heavy (non-hydrogen) atoms. The van der Waals surface area contributed by atoms with Gasteiger partial charge in [0, 0.05) is 58.5 Å². The predicted molar refractivity (Wildman–Crippen MR) is 320 cm³/mol. The van der Waals surface area contributed by atoms with Gasteiger partial charge in [0.1, 0.15) is 16.8 Å². The largest absolute Gasteiger partial charge is 0.460 e. The minimum atomic E-state index is -0.617. The van der Waals surface area contributed by atoms with Crippen molar-refractivity contribution >= 4 is 59.3 Å². The van der Waals surface area contributed by atoms with E-state index in [2.05, 4.69) is 53.3 Å². The van der Waals surface area contributed by atoms with Crippen molar-refractivity contribution in [2.75, 3.05) is 65.4 Å². The number of carbonyl (C=O) groups excluding carboxylic acids is 10. The van der Waals surface area contributed by atoms with E-state index in [0.717, 1.165) is 19.3 Å². The molecule has 0 radical (unpaired) electrons. The first-order valence-electron chi connectivity index (χ1n) is 30.0. The maximum absolute atomic E-state index is 12.8. The Bertz CT molecular complexity index is 2590. The minimum Gasteiger partial charge on any atom is -0.460 e. The Hall–Kier alpha value is -7.22. The van der Waals surface area contributed by atoms with Crippen molar-refractivity contribution in [1.82, 2.24) is 29.8 Å². The smallest absolute Gasteiger partial charge is 0.308 e. The Labute approximate surface area is 504 Å². The molecule has 4 aliphatic carbocycles. The highest BCUT2D eigenvalue weighted by atomic mass is 16.6. The molecule has 0 aromatic heterocycles. The van der Waals surface area contributed by atoms with Gasteiger partial charge in [0.15, 0.2) is 0 Å². The number of unbranched alkanes of at least 4 members (excludes halogenated alkanes) is 4. The zero-order valence-electron chi connectivity index (χ0n) is 51.8. The molecule has 4 fully saturated rings. The number of terminal acetylenes is 4. The van der Waals surface area contributed by atoms with Gasteiger partial charge in [-0.25, -0.2) is 0 Å². The van der Waals surface area contributed by atoms with Crippen LogP contribution in [-0.2, 0) is 62.2 Å². The van der Waals surface area contributed by atoms with Crippen LogP contribution in [0.2, 0.25) is 0 Å². The van der Waals surface area contributed by atoms with E-state index in [-0.39, 0.29) is 166 Å². The van der Waals surface area contributed by atoms with Crippen LogP contribution in [0.3, 0.4) is 0 Å². The molecular formula is C66H92N6O13. The number of esters is 3. The molecule has 7 amide bonds. The number of ether oxygens (including phenoxy) is 3. The zero-order chi connectivity index (χ0) is 63.2. The van der Waals surface area contributed by atoms with E-state index in [0.29, 0.717) is 71.1 Å². The van der Waals surface area contributed by atoms with Gasteiger partial charge in [-0.15, -0.1) is 25.7 Å². The first-order valence-corrected chi connectivity index (χ1v) is 30.0. The van der Waals surface area contributed by atoms with Gasteiger partial charge in [-0.2, -0.15) is 0 Å². The molecule has 19 heteroatoms. The molecule has 2 aliphatic heterocycles. The van der Waals surface area contributed by atoms with Crippen LogP contribution < -0.4 is 5.32 Å². The molecule has 464 valence electrons. The van der Waals surface area contributed by atoms with Gasteiger partial charge in [-0.1, -0.05) is 60.8 Å². The third-order valence-electron chi connectivity index (χ3n) is 15.3. The Morgan fingerprint density at radius 1 is 0.459 bits per heavy atom. The average Bonchev–Trinajstić information content (AvgIpc) is 1.71. The summed E-state index contributed by atoms with van der Waals surface area (Å²) in [5, 5.41) is 2.91. The lowest BCUT2D eigenvalue weighted by Gasteiger charge is -2.25. The van der Waals surface area contributed by atoms with Gasteiger partial charge < -0.3 is 34.2 Å². The third-order valence-corrected chi connectivity index (χ3v) is 15.3. The zero-order valence-corrected chi connectivity index (χ0v) is 51.8. The molecule has 6 rings (SSSR count). The number of likely N-dealkylation sites (tertiary alicyclic amines) is 2. The summed E-state index contributed by atoms with van der Waals surface area (Å²) in [6.07, 6.45) is 36.5. The summed E-state index contributed by atoms with van der Waals surface area (Å²) in [7, 11) is 0. The fraction of sp³-hybridized carbons (Fsp3) is 0.667. The number of nitrogens with zero attached hydrogens (tertiary/aromatic N) is 5. The molecule has 2 saturated carbocycles. The van der Waals surface area contributed by atoms with Crippen molar-refractivity contribution < 1.29 is 62.2 Å². The van der Waals surface area contributed by atoms with Crippen LogP contribution in [0.5, 0.6) is 0 Å². The Kier molecular flexibility index (Phi) is 27.2. The molecule has 19 nitrogen and oxygen atoms in total. The summed E-state index contributed by atoms with van der Waals surface area (Å²) in [5.74, 6) is 8.35. The van der Waals surface area contributed by atoms with Crippen molar-refractivity contribution in [3.05, 3.63) is 24.3 Å². The van der Waals surface area contributed by atoms with Gasteiger partial charge in [-0.05, 0) is 125 Å². The number of imide groups is 2. The maximum atomic E-state index is 12.8. The number of carbonyl (C=O) groups is 10. The first-order chi connectivity index (χ1) is 40.0. The van der Waals surface area contributed by atoms with E-state index in [9.17, 15) is 47.9 Å². The third kappa shape index (κ3) is 22.0. The Balaban J connectivity index is 0.000000307. The van der Waals surface area contributed by atoms with Crippen molar-refractivity contribution in [3.63, 3.8) is 0 Å². The summed E-state index contributed by atoms with van der Waals surface area (Å²) in [6, 6.07) is 0. The number of amides is 7. The van der Waals surface area contributed by atoms with E-state index in [1.54, 1.807) is 41.5 Å². The number of hydrogen-bond donors (Lipinski definition) is 1. The van der Waals surface area contributed by atoms with Crippen LogP contribution >= 0.6 is 0 Å². The highest BCUT2D eigenvalue weighted by molar-refractivity contribution is 6.07. The fourth-order valence-electron chi connectivity index (χ4n) is 11.7. The number of rotatable bonds is 28. The maximum Gasteiger partial charge on any atom is 0.308 e. The molecule has 2 heterocycles. The van der Waals surface area contributed by atoms with Crippen LogP contribution in [0.1, 0.15) is 152 Å². The van der Waals surface area contributed by atoms with E-state index in [1.165, 1.54) is 24.5 Å². The lowest BCUT2D eigenvalue weighted by Crippen LogP contribution is -2.38. The van der Waals surface area contributed by atoms with Crippen molar-refractivity contribution in [3.8, 4) is 49.4 Å². The quantitative estimate of drug-likeness (QED) is 0.0241. The summed E-state index contributed by atoms with van der Waals surface area (Å²) >= 11 is 0. The first kappa shape index (κ1) is 70.3. The molecule has 6 aliphatic rings. The van der Waals surface area contributed by atoms with Crippen LogP contribution in [-0.4, -0.2) is 166 Å². The monoisotopic (exact) mass is 1180 g/mol. The molecule has 0 unspecified atom stereocenters. The van der Waals surface area contributed by atoms with Gasteiger partial charge in [0.25, 0.3) is 0 Å². The second-order valence-corrected chi connectivity index (χ2v) is 25.5. The standard InChI is InChI=1S/C31H41N3O6.C25H34N2O5.C10H17NO2/c1-6-16-32(19-14-25(36)33(17-7-2)20-15-26(37)40-31(3,4)5)24(35)11-9-8-10-18-34-29(38)27-22-12-13-23(21-22)28(27)30(34)39;1-5-13-26(15-12-20(29)32-25(2,3)4)19(28)9-7-6-8-14-27-23(30)21-17-10-11-18(16-17)22(21)24(27)31;1-5-7-11-8-6-9(12)13-10(2,3)4/h1-2,12-13,22-23,27-28H,8-11,14-21H2,3-5H3;1,10-11,17-18,21-22H,6-9,12-16H2,2-4H3;1,11H,6-8H2,2-4H3/t22-,23+,27+,28-;17-,18+,21+,22-;. The second kappa shape index (κ2) is 32.9. The number of hydrogen-bond acceptors (Lipinski definition) is 14. The lowest BCUT2D eigenvalue weighted by atomic mass is 9.85. The summed E-state index contributed by atoms with van der Waals surface area (Å²) in [6.45, 7) is 18.9. The normalized spacial score (nSPS) is 21.9. The number of allylic oxidation sites excluding steroid dienone is 4. The molecule has 0 aromatic carbocycles. The molecule has 2 saturated heterocycles. The van der Waals surface area contributed by atoms with Crippen molar-refractivity contribution in [2.24, 2.45) is 47.3 Å². The highest BCUT2D eigenvalue weighted by Crippen LogP contribution is 2.53. The number of fused-ring (bicyclic) bond motifs is 10. The SMILES string of the molecule is C#CCN(CCC(=O)OC(C)(C)C)C(=O)CCCCCN1C(=O)[C@@H]2[C@H](C1=O)[C@H]1C=C[C@@H]2C1.C#CCN(CCC(=O)OC(C)(C)C)C(=O)CCN(CC#C)C(=O)CCCCCN1C(=O)[C@@H]2[C@H](C1=O)[C@H]1C=C[C@@H]2C1.C#CCNCCC(=O)OC(C)(C)C. The predicted octanol–water partition coefficient (Wildman–Crippen LogP) is 5.89. The van der Waals surface area contributed by atoms with Crippen molar-refractivity contribution in [2.45, 2.75) is 169 Å². The average molecular weight is 1180 g/mol. The second-order valence-electron chi connectivity index (χ2n) is 25.5. The Morgan fingerprint density at radius 2 is 0.765 bits per heavy atom. The Morgan fingerprint density at radius 3 is 1.07 bits per heavy atom. The molecule has 4 bridgehead atoms. The van der Waals surface area contributed by atoms with Gasteiger partial charge in [0.05, 0.1) is 69.1 Å². The molecular weight excluding hydrogens is 1080 g/mol. The lowest BCUT2D eigenvalue weighted by molar-refractivity contribution is -0.156. The van der Waals surface area contributed by atoms with Gasteiger partial charge >= 0.3 is 17.9 Å². The van der Waals surface area contributed by atoms with Gasteiger partial charge in [-0.3, -0.25) is 57.7 Å². The van der Waals surface area contributed by atoms with Crippen molar-refractivity contribution in [1.29, 1.82) is 0 Å². The fourth-order valence-corrected chi connectivity index (χ4v) is 11.7. The summed E-state index contributed by atoms with van der Waals surface area (Å²) in [5.41, 5.74) is -1.58. The van der Waals surface area contributed by atoms with Crippen LogP contribution in [0.15, 0.2) is 24.3 Å². The molecule has 1 N–H and O–H groups in total. The van der Waals surface area contributed by atoms with E-state index >= 15 is 0 Å². The van der Waals surface area contributed by atoms with E-state index < -0.39 is 22.8 Å². The van der Waals surface area contributed by atoms with E-state index in [4.69, 9.17) is 39.9 Å². The van der Waals surface area contributed by atoms with Crippen LogP contribution in [0.4, 0.5) is 0 Å². The van der Waals surface area contributed by atoms with E-state index in [1.807, 2.05) is 20.8 Å². The minimum absolute atomic E-state index is 0.0183. The van der Waals surface area contributed by atoms with Crippen LogP contribution in [0, 0.1) is 96.7 Å². The molecule has 0 aromatic rings. The summed E-state index contributed by atoms with van der Waals surface area (Å²) in [4.78, 5) is 131. The topological polar surface area (TPSA) is 227 Å². The van der Waals surface area contributed by atoms with Crippen LogP contribution in [0.25, 0.3) is 0 Å². The number of nitrogens with one attached hydrogen (secondary N) is 1.